The molecule has 0 spiro atoms. The van der Waals surface area contributed by atoms with Crippen LogP contribution in [0.4, 0.5) is 0 Å². The zero-order chi connectivity index (χ0) is 14.8. The van der Waals surface area contributed by atoms with E-state index in [9.17, 15) is 0 Å². The topological polar surface area (TPSA) is 12.5 Å². The highest BCUT2D eigenvalue weighted by Gasteiger charge is 2.13. The Balaban J connectivity index is 2.56. The monoisotopic (exact) mass is 291 g/mol. The van der Waals surface area contributed by atoms with Crippen LogP contribution in [0, 0.1) is 0 Å². The van der Waals surface area contributed by atoms with Gasteiger partial charge in [-0.25, -0.2) is 0 Å². The molecule has 0 heterocycles. The fourth-order valence-corrected chi connectivity index (χ4v) is 5.06. The largest absolute Gasteiger partial charge is 0.388 e. The van der Waals surface area contributed by atoms with Crippen LogP contribution >= 0.6 is 0 Å². The molecule has 1 aromatic carbocycles. The number of methoxy groups -OCH3 is 1. The van der Waals surface area contributed by atoms with Gasteiger partial charge in [0, 0.05) is 13.3 Å². The van der Waals surface area contributed by atoms with E-state index in [-0.39, 0.29) is 0 Å². The van der Waals surface area contributed by atoms with Crippen LogP contribution in [0.2, 0.25) is 6.04 Å². The molecule has 0 amide bonds. The molecule has 2 nitrogen and oxygen atoms in total. The highest BCUT2D eigenvalue weighted by atomic mass is 28.3. The summed E-state index contributed by atoms with van der Waals surface area (Å²) in [7, 11) is 0.834. The molecular formula is C17H29NOSi. The van der Waals surface area contributed by atoms with Crippen molar-refractivity contribution in [2.75, 3.05) is 33.0 Å². The van der Waals surface area contributed by atoms with E-state index in [0.29, 0.717) is 0 Å². The van der Waals surface area contributed by atoms with Crippen LogP contribution in [0.15, 0.2) is 30.8 Å². The van der Waals surface area contributed by atoms with Crippen LogP contribution in [0.5, 0.6) is 0 Å². The van der Waals surface area contributed by atoms with Crippen molar-refractivity contribution in [3.8, 4) is 0 Å². The third kappa shape index (κ3) is 5.61. The Kier molecular flexibility index (Phi) is 8.50. The molecule has 0 radical (unpaired) electrons. The first kappa shape index (κ1) is 17.1. The number of ether oxygens (including phenoxy) is 1. The molecule has 1 aromatic rings. The lowest BCUT2D eigenvalue weighted by atomic mass is 10.2. The van der Waals surface area contributed by atoms with Gasteiger partial charge < -0.3 is 9.64 Å². The fourth-order valence-electron chi connectivity index (χ4n) is 2.55. The van der Waals surface area contributed by atoms with E-state index in [1.807, 2.05) is 13.2 Å². The third-order valence-corrected chi connectivity index (χ3v) is 7.10. The molecular weight excluding hydrogens is 262 g/mol. The maximum absolute atomic E-state index is 5.45. The fraction of sp³-hybridized carbons (Fsp3) is 0.529. The van der Waals surface area contributed by atoms with E-state index in [2.05, 4.69) is 49.6 Å². The molecule has 0 bridgehead atoms. The van der Waals surface area contributed by atoms with E-state index < -0.39 is 8.80 Å². The van der Waals surface area contributed by atoms with Gasteiger partial charge in [-0.2, -0.15) is 0 Å². The number of rotatable bonds is 10. The Morgan fingerprint density at radius 2 is 1.85 bits per heavy atom. The smallest absolute Gasteiger partial charge is 0.100 e. The molecule has 112 valence electrons. The molecule has 0 aromatic heterocycles. The van der Waals surface area contributed by atoms with Gasteiger partial charge in [0.2, 0.25) is 0 Å². The molecule has 0 aliphatic heterocycles. The van der Waals surface area contributed by atoms with E-state index in [1.165, 1.54) is 29.8 Å². The predicted octanol–water partition coefficient (Wildman–Crippen LogP) is 2.68. The van der Waals surface area contributed by atoms with Gasteiger partial charge in [0.1, 0.15) is 8.80 Å². The maximum Gasteiger partial charge on any atom is 0.100 e. The molecule has 1 rings (SSSR count). The lowest BCUT2D eigenvalue weighted by molar-refractivity contribution is 0.249. The average molecular weight is 292 g/mol. The maximum atomic E-state index is 5.45. The molecule has 0 saturated carbocycles. The molecule has 1 atom stereocenters. The first-order chi connectivity index (χ1) is 9.74. The summed E-state index contributed by atoms with van der Waals surface area (Å²) in [6.07, 6.45) is 4.12. The van der Waals surface area contributed by atoms with E-state index in [1.54, 1.807) is 0 Å². The molecule has 0 aliphatic carbocycles. The summed E-state index contributed by atoms with van der Waals surface area (Å²) in [5.74, 6) is 0. The van der Waals surface area contributed by atoms with Gasteiger partial charge in [-0.3, -0.25) is 0 Å². The van der Waals surface area contributed by atoms with Crippen molar-refractivity contribution in [3.05, 3.63) is 36.4 Å². The van der Waals surface area contributed by atoms with Crippen molar-refractivity contribution in [2.24, 2.45) is 0 Å². The Labute approximate surface area is 126 Å². The number of hydrogen-bond donors (Lipinski definition) is 0. The quantitative estimate of drug-likeness (QED) is 0.615. The Morgan fingerprint density at radius 1 is 1.20 bits per heavy atom. The Bertz CT molecular complexity index is 373. The second kappa shape index (κ2) is 9.92. The predicted molar refractivity (Wildman–Crippen MR) is 92.4 cm³/mol. The lowest BCUT2D eigenvalue weighted by Crippen LogP contribution is -2.36. The average Bonchev–Trinajstić information content (AvgIpc) is 2.50. The second-order valence-corrected chi connectivity index (χ2v) is 8.16. The number of benzene rings is 1. The lowest BCUT2D eigenvalue weighted by Gasteiger charge is -2.20. The molecule has 20 heavy (non-hydrogen) atoms. The number of hydrogen-bond acceptors (Lipinski definition) is 2. The van der Waals surface area contributed by atoms with Crippen LogP contribution in [0.25, 0.3) is 6.08 Å². The summed E-state index contributed by atoms with van der Waals surface area (Å²) >= 11 is 0. The molecule has 0 N–H and O–H groups in total. The summed E-state index contributed by atoms with van der Waals surface area (Å²) in [6, 6.07) is 10.2. The first-order valence-corrected chi connectivity index (χ1v) is 9.89. The van der Waals surface area contributed by atoms with Crippen LogP contribution < -0.4 is 5.19 Å². The minimum Gasteiger partial charge on any atom is -0.388 e. The molecule has 3 heteroatoms. The second-order valence-electron chi connectivity index (χ2n) is 5.19. The van der Waals surface area contributed by atoms with Crippen molar-refractivity contribution in [3.63, 3.8) is 0 Å². The standard InChI is InChI=1S/C17H29NOSi/c1-5-16-9-11-17(12-10-16)20(15-19-4)14-8-13-18(6-2)7-3/h5,9-12,20H,1,6-8,13-15H2,2-4H3. The van der Waals surface area contributed by atoms with Crippen molar-refractivity contribution in [1.82, 2.24) is 4.90 Å². The van der Waals surface area contributed by atoms with Crippen molar-refractivity contribution >= 4 is 20.1 Å². The summed E-state index contributed by atoms with van der Waals surface area (Å²) in [5.41, 5.74) is 1.20. The van der Waals surface area contributed by atoms with E-state index in [0.717, 1.165) is 19.3 Å². The Hall–Kier alpha value is -0.903. The summed E-state index contributed by atoms with van der Waals surface area (Å²) in [5, 5.41) is 1.51. The molecule has 1 unspecified atom stereocenters. The number of nitrogens with zero attached hydrogens (tertiary/aromatic N) is 1. The molecule has 0 saturated heterocycles. The van der Waals surface area contributed by atoms with Crippen LogP contribution in [0.3, 0.4) is 0 Å². The molecule has 0 fully saturated rings. The van der Waals surface area contributed by atoms with Gasteiger partial charge in [0.05, 0.1) is 0 Å². The van der Waals surface area contributed by atoms with Crippen LogP contribution in [-0.2, 0) is 4.74 Å². The SMILES string of the molecule is C=Cc1ccc([SiH](CCCN(CC)CC)COC)cc1. The highest BCUT2D eigenvalue weighted by molar-refractivity contribution is 6.73. The summed E-state index contributed by atoms with van der Waals surface area (Å²) in [4.78, 5) is 2.50. The van der Waals surface area contributed by atoms with Crippen molar-refractivity contribution < 1.29 is 4.74 Å². The van der Waals surface area contributed by atoms with Gasteiger partial charge in [0.15, 0.2) is 0 Å². The van der Waals surface area contributed by atoms with Crippen LogP contribution in [0.1, 0.15) is 25.8 Å². The minimum atomic E-state index is -0.988. The van der Waals surface area contributed by atoms with Gasteiger partial charge >= 0.3 is 0 Å². The molecule has 0 aliphatic rings. The van der Waals surface area contributed by atoms with Crippen molar-refractivity contribution in [1.29, 1.82) is 0 Å². The van der Waals surface area contributed by atoms with Gasteiger partial charge in [0.25, 0.3) is 0 Å². The van der Waals surface area contributed by atoms with Gasteiger partial charge in [-0.05, 0) is 31.6 Å². The van der Waals surface area contributed by atoms with Gasteiger partial charge in [-0.15, -0.1) is 0 Å². The zero-order valence-electron chi connectivity index (χ0n) is 13.3. The summed E-state index contributed by atoms with van der Waals surface area (Å²) < 4.78 is 5.45. The van der Waals surface area contributed by atoms with Crippen LogP contribution in [-0.4, -0.2) is 46.7 Å². The van der Waals surface area contributed by atoms with E-state index in [4.69, 9.17) is 4.74 Å². The first-order valence-electron chi connectivity index (χ1n) is 7.68. The van der Waals surface area contributed by atoms with E-state index >= 15 is 0 Å². The normalized spacial score (nSPS) is 12.6. The van der Waals surface area contributed by atoms with Crippen molar-refractivity contribution in [2.45, 2.75) is 26.3 Å². The third-order valence-electron chi connectivity index (χ3n) is 3.93. The Morgan fingerprint density at radius 3 is 2.35 bits per heavy atom. The minimum absolute atomic E-state index is 0.936. The van der Waals surface area contributed by atoms with Gasteiger partial charge in [-0.1, -0.05) is 62.0 Å². The highest BCUT2D eigenvalue weighted by Crippen LogP contribution is 2.05. The summed E-state index contributed by atoms with van der Waals surface area (Å²) in [6.45, 7) is 11.8. The zero-order valence-corrected chi connectivity index (χ0v) is 14.4.